The summed E-state index contributed by atoms with van der Waals surface area (Å²) in [5, 5.41) is 18.0. The zero-order chi connectivity index (χ0) is 16.1. The number of H-pyrrole nitrogens is 1. The van der Waals surface area contributed by atoms with Crippen LogP contribution in [0.4, 0.5) is 5.69 Å². The molecule has 0 fully saturated rings. The molecule has 114 valence electrons. The summed E-state index contributed by atoms with van der Waals surface area (Å²) in [6.07, 6.45) is -0.705. The predicted molar refractivity (Wildman–Crippen MR) is 73.5 cm³/mol. The fourth-order valence-electron chi connectivity index (χ4n) is 2.11. The lowest BCUT2D eigenvalue weighted by Crippen LogP contribution is -2.12. The van der Waals surface area contributed by atoms with E-state index in [1.807, 2.05) is 0 Å². The second kappa shape index (κ2) is 4.70. The number of benzene rings is 1. The summed E-state index contributed by atoms with van der Waals surface area (Å²) in [6, 6.07) is 3.71. The van der Waals surface area contributed by atoms with Crippen LogP contribution in [0.5, 0.6) is 0 Å². The highest BCUT2D eigenvalue weighted by Crippen LogP contribution is 2.38. The van der Waals surface area contributed by atoms with Crippen molar-refractivity contribution in [2.45, 2.75) is 6.16 Å². The fourth-order valence-corrected chi connectivity index (χ4v) is 2.69. The first-order valence-electron chi connectivity index (χ1n) is 5.85. The molecule has 3 rings (SSSR count). The van der Waals surface area contributed by atoms with E-state index in [2.05, 4.69) is 15.2 Å². The Morgan fingerprint density at radius 1 is 1.36 bits per heavy atom. The normalized spacial score (nSPS) is 12.1. The maximum absolute atomic E-state index is 11.9. The molecule has 0 bridgehead atoms. The lowest BCUT2D eigenvalue weighted by molar-refractivity contribution is -0.384. The smallest absolute Gasteiger partial charge is 0.324 e. The Hall–Kier alpha value is -2.62. The second-order valence-electron chi connectivity index (χ2n) is 4.51. The fraction of sp³-hybridized carbons (Fsp3) is 0.100. The van der Waals surface area contributed by atoms with Crippen LogP contribution in [0.1, 0.15) is 5.82 Å². The molecule has 0 saturated carbocycles. The number of non-ortho nitro benzene ring substituents is 1. The molecule has 0 unspecified atom stereocenters. The van der Waals surface area contributed by atoms with Gasteiger partial charge in [-0.15, -0.1) is 10.2 Å². The molecule has 0 atom stereocenters. The molecule has 0 aliphatic heterocycles. The number of nitrogens with one attached hydrogen (secondary N) is 1. The van der Waals surface area contributed by atoms with Gasteiger partial charge in [-0.05, 0) is 6.07 Å². The number of hydrogen-bond donors (Lipinski definition) is 3. The Balaban J connectivity index is 2.38. The van der Waals surface area contributed by atoms with Crippen LogP contribution in [-0.2, 0) is 10.7 Å². The highest BCUT2D eigenvalue weighted by atomic mass is 31.2. The molecule has 0 amide bonds. The molecule has 0 radical (unpaired) electrons. The van der Waals surface area contributed by atoms with Crippen molar-refractivity contribution in [3.8, 4) is 0 Å². The summed E-state index contributed by atoms with van der Waals surface area (Å²) < 4.78 is 12.3. The molecule has 0 aliphatic rings. The first-order chi connectivity index (χ1) is 10.3. The number of aromatic amines is 1. The van der Waals surface area contributed by atoms with E-state index in [0.717, 1.165) is 6.07 Å². The Morgan fingerprint density at radius 3 is 2.73 bits per heavy atom. The maximum atomic E-state index is 11.9. The van der Waals surface area contributed by atoms with Gasteiger partial charge in [0.25, 0.3) is 11.2 Å². The number of hydrogen-bond acceptors (Lipinski definition) is 6. The minimum Gasteiger partial charge on any atom is -0.324 e. The van der Waals surface area contributed by atoms with Crippen molar-refractivity contribution in [3.63, 3.8) is 0 Å². The van der Waals surface area contributed by atoms with Crippen LogP contribution < -0.4 is 5.56 Å². The minimum absolute atomic E-state index is 0.103. The van der Waals surface area contributed by atoms with Gasteiger partial charge < -0.3 is 14.8 Å². The number of aromatic nitrogens is 4. The van der Waals surface area contributed by atoms with E-state index in [-0.39, 0.29) is 22.7 Å². The van der Waals surface area contributed by atoms with Gasteiger partial charge >= 0.3 is 7.60 Å². The van der Waals surface area contributed by atoms with Crippen LogP contribution in [0, 0.1) is 10.1 Å². The standard InChI is InChI=1S/C10H8N5O6P/c16-10-9-13-12-8(4-22(19,20)21)14(9)7-2-1-5(15(17)18)3-6(7)11-10/h1-3H,4H2,(H,11,16)(H2,19,20,21). The maximum Gasteiger partial charge on any atom is 0.333 e. The van der Waals surface area contributed by atoms with Gasteiger partial charge in [-0.2, -0.15) is 0 Å². The zero-order valence-electron chi connectivity index (χ0n) is 10.7. The zero-order valence-corrected chi connectivity index (χ0v) is 11.6. The van der Waals surface area contributed by atoms with Crippen molar-refractivity contribution in [2.75, 3.05) is 0 Å². The minimum atomic E-state index is -4.42. The van der Waals surface area contributed by atoms with Gasteiger partial charge in [0.2, 0.25) is 5.65 Å². The van der Waals surface area contributed by atoms with Crippen LogP contribution in [0.2, 0.25) is 0 Å². The van der Waals surface area contributed by atoms with Crippen LogP contribution >= 0.6 is 7.60 Å². The molecule has 12 heteroatoms. The number of nitro groups is 1. The van der Waals surface area contributed by atoms with E-state index < -0.39 is 24.2 Å². The summed E-state index contributed by atoms with van der Waals surface area (Å²) >= 11 is 0. The third-order valence-electron chi connectivity index (χ3n) is 2.96. The summed E-state index contributed by atoms with van der Waals surface area (Å²) in [5.74, 6) is -0.103. The second-order valence-corrected chi connectivity index (χ2v) is 6.16. The number of fused-ring (bicyclic) bond motifs is 3. The largest absolute Gasteiger partial charge is 0.333 e. The van der Waals surface area contributed by atoms with E-state index >= 15 is 0 Å². The van der Waals surface area contributed by atoms with Crippen LogP contribution in [0.3, 0.4) is 0 Å². The first kappa shape index (κ1) is 14.3. The quantitative estimate of drug-likeness (QED) is 0.348. The highest BCUT2D eigenvalue weighted by Gasteiger charge is 2.21. The third-order valence-corrected chi connectivity index (χ3v) is 3.66. The van der Waals surface area contributed by atoms with E-state index in [1.165, 1.54) is 16.5 Å². The lowest BCUT2D eigenvalue weighted by atomic mass is 10.2. The summed E-state index contributed by atoms with van der Waals surface area (Å²) in [4.78, 5) is 42.6. The van der Waals surface area contributed by atoms with E-state index in [9.17, 15) is 19.5 Å². The summed E-state index contributed by atoms with van der Waals surface area (Å²) in [7, 11) is -4.42. The van der Waals surface area contributed by atoms with Gasteiger partial charge in [0.1, 0.15) is 12.0 Å². The van der Waals surface area contributed by atoms with Gasteiger partial charge in [-0.3, -0.25) is 23.9 Å². The van der Waals surface area contributed by atoms with Crippen LogP contribution in [0.25, 0.3) is 16.7 Å². The van der Waals surface area contributed by atoms with Gasteiger partial charge in [0.15, 0.2) is 0 Å². The number of rotatable bonds is 3. The average Bonchev–Trinajstić information content (AvgIpc) is 2.80. The number of nitrogens with zero attached hydrogens (tertiary/aromatic N) is 4. The van der Waals surface area contributed by atoms with Gasteiger partial charge in [-0.25, -0.2) is 0 Å². The Morgan fingerprint density at radius 2 is 2.09 bits per heavy atom. The van der Waals surface area contributed by atoms with E-state index in [4.69, 9.17) is 9.79 Å². The van der Waals surface area contributed by atoms with Crippen LogP contribution in [-0.4, -0.2) is 34.3 Å². The first-order valence-corrected chi connectivity index (χ1v) is 7.65. The third kappa shape index (κ3) is 2.37. The van der Waals surface area contributed by atoms with Crippen molar-refractivity contribution in [3.05, 3.63) is 44.5 Å². The van der Waals surface area contributed by atoms with Crippen molar-refractivity contribution >= 4 is 30.0 Å². The molecular formula is C10H8N5O6P. The summed E-state index contributed by atoms with van der Waals surface area (Å²) in [6.45, 7) is 0. The topological polar surface area (TPSA) is 164 Å². The van der Waals surface area contributed by atoms with Crippen molar-refractivity contribution in [2.24, 2.45) is 0 Å². The molecule has 3 N–H and O–H groups in total. The molecule has 11 nitrogen and oxygen atoms in total. The van der Waals surface area contributed by atoms with Gasteiger partial charge in [0.05, 0.1) is 16.0 Å². The highest BCUT2D eigenvalue weighted by molar-refractivity contribution is 7.50. The molecular weight excluding hydrogens is 317 g/mol. The van der Waals surface area contributed by atoms with Gasteiger partial charge in [0, 0.05) is 12.1 Å². The molecule has 0 spiro atoms. The molecule has 2 aromatic heterocycles. The molecule has 2 heterocycles. The molecule has 22 heavy (non-hydrogen) atoms. The van der Waals surface area contributed by atoms with Crippen molar-refractivity contribution < 1.29 is 19.3 Å². The van der Waals surface area contributed by atoms with Gasteiger partial charge in [-0.1, -0.05) is 0 Å². The monoisotopic (exact) mass is 325 g/mol. The average molecular weight is 325 g/mol. The Labute approximate surface area is 120 Å². The molecule has 0 saturated heterocycles. The van der Waals surface area contributed by atoms with E-state index in [0.29, 0.717) is 5.52 Å². The van der Waals surface area contributed by atoms with Crippen molar-refractivity contribution in [1.29, 1.82) is 0 Å². The van der Waals surface area contributed by atoms with E-state index in [1.54, 1.807) is 0 Å². The Kier molecular flexibility index (Phi) is 3.06. The Bertz CT molecular complexity index is 1020. The number of nitro benzene ring substituents is 1. The SMILES string of the molecule is O=c1[nH]c2cc([N+](=O)[O-])ccc2n2c(CP(=O)(O)O)nnc12. The van der Waals surface area contributed by atoms with Crippen LogP contribution in [0.15, 0.2) is 23.0 Å². The summed E-state index contributed by atoms with van der Waals surface area (Å²) in [5.41, 5.74) is -0.610. The predicted octanol–water partition coefficient (Wildman–Crippen LogP) is 0.157. The molecule has 0 aliphatic carbocycles. The molecule has 1 aromatic carbocycles. The lowest BCUT2D eigenvalue weighted by Gasteiger charge is -2.05. The van der Waals surface area contributed by atoms with Crippen molar-refractivity contribution in [1.82, 2.24) is 19.6 Å². The molecule has 3 aromatic rings.